The topological polar surface area (TPSA) is 60.5 Å². The molecule has 1 aromatic heterocycles. The molecule has 136 valence electrons. The summed E-state index contributed by atoms with van der Waals surface area (Å²) in [5.41, 5.74) is 3.43. The Morgan fingerprint density at radius 3 is 2.58 bits per heavy atom. The van der Waals surface area contributed by atoms with Gasteiger partial charge in [-0.15, -0.1) is 6.58 Å². The van der Waals surface area contributed by atoms with E-state index >= 15 is 0 Å². The fourth-order valence-corrected chi connectivity index (χ4v) is 2.87. The number of anilines is 3. The maximum absolute atomic E-state index is 12.0. The van der Waals surface area contributed by atoms with Crippen LogP contribution in [0.3, 0.4) is 0 Å². The van der Waals surface area contributed by atoms with Gasteiger partial charge < -0.3 is 20.4 Å². The Balaban J connectivity index is 1.64. The summed E-state index contributed by atoms with van der Waals surface area (Å²) in [5.74, 6) is -0.209. The van der Waals surface area contributed by atoms with Crippen molar-refractivity contribution in [1.82, 2.24) is 15.2 Å². The fraction of sp³-hybridized carbons (Fsp3) is 0.300. The molecule has 1 aliphatic rings. The first-order chi connectivity index (χ1) is 12.7. The van der Waals surface area contributed by atoms with Crippen molar-refractivity contribution in [3.63, 3.8) is 0 Å². The Labute approximate surface area is 154 Å². The molecule has 2 aromatic rings. The molecule has 0 bridgehead atoms. The molecule has 0 atom stereocenters. The van der Waals surface area contributed by atoms with Crippen LogP contribution < -0.4 is 15.5 Å². The quantitative estimate of drug-likeness (QED) is 0.783. The number of nitrogens with zero attached hydrogens (tertiary/aromatic N) is 3. The van der Waals surface area contributed by atoms with Gasteiger partial charge in [-0.2, -0.15) is 0 Å². The number of pyridine rings is 1. The second-order valence-electron chi connectivity index (χ2n) is 6.39. The number of piperazine rings is 1. The fourth-order valence-electron chi connectivity index (χ4n) is 2.87. The van der Waals surface area contributed by atoms with Gasteiger partial charge in [0, 0.05) is 56.0 Å². The van der Waals surface area contributed by atoms with E-state index in [1.54, 1.807) is 18.3 Å². The van der Waals surface area contributed by atoms with Crippen molar-refractivity contribution >= 4 is 23.0 Å². The maximum Gasteiger partial charge on any atom is 0.270 e. The number of hydrogen-bond donors (Lipinski definition) is 2. The first kappa shape index (κ1) is 17.9. The molecule has 2 N–H and O–H groups in total. The van der Waals surface area contributed by atoms with Crippen LogP contribution in [-0.4, -0.2) is 55.6 Å². The molecule has 1 fully saturated rings. The van der Waals surface area contributed by atoms with Crippen molar-refractivity contribution in [2.75, 3.05) is 50.0 Å². The molecule has 0 spiro atoms. The predicted molar refractivity (Wildman–Crippen MR) is 106 cm³/mol. The molecular weight excluding hydrogens is 326 g/mol. The third-order valence-electron chi connectivity index (χ3n) is 4.42. The normalized spacial score (nSPS) is 14.7. The van der Waals surface area contributed by atoms with Crippen LogP contribution in [0, 0.1) is 0 Å². The summed E-state index contributed by atoms with van der Waals surface area (Å²) in [7, 11) is 2.16. The van der Waals surface area contributed by atoms with Crippen LogP contribution in [0.2, 0.25) is 0 Å². The maximum atomic E-state index is 12.0. The molecule has 6 heteroatoms. The molecule has 0 unspecified atom stereocenters. The van der Waals surface area contributed by atoms with Gasteiger partial charge in [-0.05, 0) is 43.4 Å². The summed E-state index contributed by atoms with van der Waals surface area (Å²) < 4.78 is 0. The molecular formula is C20H25N5O. The SMILES string of the molecule is C=CCNC(=O)c1cc(Nc2ccc(N3CCN(C)CC3)cc2)ccn1. The minimum atomic E-state index is -0.209. The standard InChI is InChI=1S/C20H25N5O/c1-3-9-22-20(26)19-15-17(8-10-21-19)23-16-4-6-18(7-5-16)25-13-11-24(2)12-14-25/h3-8,10,15H,1,9,11-14H2,2H3,(H,21,23)(H,22,26). The zero-order valence-electron chi connectivity index (χ0n) is 15.1. The van der Waals surface area contributed by atoms with Crippen molar-refractivity contribution in [2.24, 2.45) is 0 Å². The van der Waals surface area contributed by atoms with Gasteiger partial charge >= 0.3 is 0 Å². The second-order valence-corrected chi connectivity index (χ2v) is 6.39. The van der Waals surface area contributed by atoms with Gasteiger partial charge in [-0.3, -0.25) is 9.78 Å². The highest BCUT2D eigenvalue weighted by Crippen LogP contribution is 2.22. The Kier molecular flexibility index (Phi) is 5.86. The summed E-state index contributed by atoms with van der Waals surface area (Å²) in [4.78, 5) is 20.9. The number of hydrogen-bond acceptors (Lipinski definition) is 5. The molecule has 0 aliphatic carbocycles. The molecule has 1 aromatic carbocycles. The number of likely N-dealkylation sites (N-methyl/N-ethyl adjacent to an activating group) is 1. The average Bonchev–Trinajstić information content (AvgIpc) is 2.67. The summed E-state index contributed by atoms with van der Waals surface area (Å²) in [6.07, 6.45) is 3.27. The van der Waals surface area contributed by atoms with E-state index in [4.69, 9.17) is 0 Å². The molecule has 1 aliphatic heterocycles. The van der Waals surface area contributed by atoms with Gasteiger partial charge in [-0.25, -0.2) is 0 Å². The third kappa shape index (κ3) is 4.61. The Morgan fingerprint density at radius 1 is 1.15 bits per heavy atom. The molecule has 26 heavy (non-hydrogen) atoms. The van der Waals surface area contributed by atoms with Gasteiger partial charge in [0.05, 0.1) is 0 Å². The summed E-state index contributed by atoms with van der Waals surface area (Å²) in [6, 6.07) is 12.0. The lowest BCUT2D eigenvalue weighted by atomic mass is 10.2. The number of carbonyl (C=O) groups excluding carboxylic acids is 1. The predicted octanol–water partition coefficient (Wildman–Crippen LogP) is 2.49. The summed E-state index contributed by atoms with van der Waals surface area (Å²) in [6.45, 7) is 8.30. The van der Waals surface area contributed by atoms with E-state index < -0.39 is 0 Å². The van der Waals surface area contributed by atoms with Crippen molar-refractivity contribution < 1.29 is 4.79 Å². The number of amides is 1. The number of rotatable bonds is 6. The van der Waals surface area contributed by atoms with Gasteiger partial charge in [0.1, 0.15) is 5.69 Å². The van der Waals surface area contributed by atoms with E-state index in [0.29, 0.717) is 12.2 Å². The zero-order valence-corrected chi connectivity index (χ0v) is 15.1. The number of benzene rings is 1. The van der Waals surface area contributed by atoms with Crippen LogP contribution >= 0.6 is 0 Å². The molecule has 0 saturated carbocycles. The lowest BCUT2D eigenvalue weighted by Crippen LogP contribution is -2.44. The molecule has 6 nitrogen and oxygen atoms in total. The van der Waals surface area contributed by atoms with Gasteiger partial charge in [0.15, 0.2) is 0 Å². The van der Waals surface area contributed by atoms with Crippen molar-refractivity contribution in [3.8, 4) is 0 Å². The lowest BCUT2D eigenvalue weighted by molar-refractivity contribution is 0.0953. The van der Waals surface area contributed by atoms with Gasteiger partial charge in [0.25, 0.3) is 5.91 Å². The van der Waals surface area contributed by atoms with E-state index in [1.165, 1.54) is 5.69 Å². The summed E-state index contributed by atoms with van der Waals surface area (Å²) >= 11 is 0. The second kappa shape index (κ2) is 8.49. The van der Waals surface area contributed by atoms with E-state index in [-0.39, 0.29) is 5.91 Å². The van der Waals surface area contributed by atoms with Crippen LogP contribution in [-0.2, 0) is 0 Å². The highest BCUT2D eigenvalue weighted by atomic mass is 16.1. The first-order valence-corrected chi connectivity index (χ1v) is 8.81. The highest BCUT2D eigenvalue weighted by Gasteiger charge is 2.14. The van der Waals surface area contributed by atoms with E-state index in [9.17, 15) is 4.79 Å². The molecule has 0 radical (unpaired) electrons. The third-order valence-corrected chi connectivity index (χ3v) is 4.42. The monoisotopic (exact) mass is 351 g/mol. The van der Waals surface area contributed by atoms with Crippen molar-refractivity contribution in [2.45, 2.75) is 0 Å². The Hall–Kier alpha value is -2.86. The van der Waals surface area contributed by atoms with Crippen LogP contribution in [0.5, 0.6) is 0 Å². The number of carbonyl (C=O) groups is 1. The smallest absolute Gasteiger partial charge is 0.270 e. The average molecular weight is 351 g/mol. The van der Waals surface area contributed by atoms with Crippen LogP contribution in [0.25, 0.3) is 0 Å². The van der Waals surface area contributed by atoms with E-state index in [2.05, 4.69) is 63.3 Å². The molecule has 2 heterocycles. The minimum Gasteiger partial charge on any atom is -0.369 e. The number of aromatic nitrogens is 1. The molecule has 1 saturated heterocycles. The van der Waals surface area contributed by atoms with Crippen molar-refractivity contribution in [1.29, 1.82) is 0 Å². The largest absolute Gasteiger partial charge is 0.369 e. The van der Waals surface area contributed by atoms with Crippen LogP contribution in [0.15, 0.2) is 55.3 Å². The van der Waals surface area contributed by atoms with Crippen LogP contribution in [0.1, 0.15) is 10.5 Å². The highest BCUT2D eigenvalue weighted by molar-refractivity contribution is 5.93. The molecule has 3 rings (SSSR count). The Bertz CT molecular complexity index is 751. The van der Waals surface area contributed by atoms with E-state index in [0.717, 1.165) is 37.6 Å². The van der Waals surface area contributed by atoms with E-state index in [1.807, 2.05) is 6.07 Å². The number of nitrogens with one attached hydrogen (secondary N) is 2. The Morgan fingerprint density at radius 2 is 1.88 bits per heavy atom. The van der Waals surface area contributed by atoms with Crippen LogP contribution in [0.4, 0.5) is 17.1 Å². The lowest BCUT2D eigenvalue weighted by Gasteiger charge is -2.34. The van der Waals surface area contributed by atoms with Crippen molar-refractivity contribution in [3.05, 3.63) is 60.9 Å². The summed E-state index contributed by atoms with van der Waals surface area (Å²) in [5, 5.41) is 6.06. The zero-order chi connectivity index (χ0) is 18.4. The van der Waals surface area contributed by atoms with Gasteiger partial charge in [0.2, 0.25) is 0 Å². The molecule has 1 amide bonds. The minimum absolute atomic E-state index is 0.209. The van der Waals surface area contributed by atoms with Gasteiger partial charge in [-0.1, -0.05) is 6.08 Å². The first-order valence-electron chi connectivity index (χ1n) is 8.81.